The molecular formula is C16H16ClN3. The van der Waals surface area contributed by atoms with Crippen LogP contribution in [0.1, 0.15) is 12.5 Å². The third-order valence-corrected chi connectivity index (χ3v) is 3.59. The number of rotatable bonds is 4. The van der Waals surface area contributed by atoms with Crippen molar-refractivity contribution in [2.24, 2.45) is 0 Å². The molecule has 0 bridgehead atoms. The van der Waals surface area contributed by atoms with E-state index in [1.165, 1.54) is 5.56 Å². The van der Waals surface area contributed by atoms with Crippen LogP contribution >= 0.6 is 11.6 Å². The Kier molecular flexibility index (Phi) is 3.61. The van der Waals surface area contributed by atoms with Gasteiger partial charge in [0, 0.05) is 18.1 Å². The Balaban J connectivity index is 1.85. The number of nitrogens with zero attached hydrogens (tertiary/aromatic N) is 2. The van der Waals surface area contributed by atoms with Crippen LogP contribution in [0.2, 0.25) is 5.02 Å². The van der Waals surface area contributed by atoms with Crippen molar-refractivity contribution >= 4 is 28.6 Å². The van der Waals surface area contributed by atoms with Crippen molar-refractivity contribution in [1.29, 1.82) is 0 Å². The number of hydrogen-bond acceptors (Lipinski definition) is 2. The fourth-order valence-corrected chi connectivity index (χ4v) is 2.44. The molecule has 0 aliphatic carbocycles. The molecule has 0 saturated heterocycles. The third-order valence-electron chi connectivity index (χ3n) is 3.33. The van der Waals surface area contributed by atoms with Gasteiger partial charge in [-0.15, -0.1) is 0 Å². The van der Waals surface area contributed by atoms with Gasteiger partial charge in [-0.1, -0.05) is 35.9 Å². The smallest absolute Gasteiger partial charge is 0.204 e. The monoisotopic (exact) mass is 285 g/mol. The average Bonchev–Trinajstić information content (AvgIpc) is 2.84. The lowest BCUT2D eigenvalue weighted by Crippen LogP contribution is -2.06. The van der Waals surface area contributed by atoms with E-state index in [-0.39, 0.29) is 0 Å². The number of aromatic nitrogens is 2. The first-order valence-corrected chi connectivity index (χ1v) is 7.09. The molecule has 0 spiro atoms. The van der Waals surface area contributed by atoms with E-state index in [9.17, 15) is 0 Å². The van der Waals surface area contributed by atoms with Crippen LogP contribution in [0.15, 0.2) is 48.5 Å². The van der Waals surface area contributed by atoms with Gasteiger partial charge in [0.1, 0.15) is 0 Å². The molecule has 0 atom stereocenters. The summed E-state index contributed by atoms with van der Waals surface area (Å²) in [5.41, 5.74) is 3.37. The molecule has 0 saturated carbocycles. The Hall–Kier alpha value is -2.00. The molecular weight excluding hydrogens is 270 g/mol. The Morgan fingerprint density at radius 1 is 1.10 bits per heavy atom. The molecule has 0 unspecified atom stereocenters. The second-order valence-electron chi connectivity index (χ2n) is 4.65. The Bertz CT molecular complexity index is 716. The summed E-state index contributed by atoms with van der Waals surface area (Å²) in [6.45, 7) is 3.76. The van der Waals surface area contributed by atoms with Crippen molar-refractivity contribution in [1.82, 2.24) is 9.55 Å². The van der Waals surface area contributed by atoms with Gasteiger partial charge in [-0.2, -0.15) is 0 Å². The van der Waals surface area contributed by atoms with E-state index in [4.69, 9.17) is 11.6 Å². The summed E-state index contributed by atoms with van der Waals surface area (Å²) in [5, 5.41) is 4.16. The average molecular weight is 286 g/mol. The van der Waals surface area contributed by atoms with Crippen molar-refractivity contribution in [2.75, 3.05) is 5.32 Å². The zero-order chi connectivity index (χ0) is 13.9. The lowest BCUT2D eigenvalue weighted by Gasteiger charge is -2.08. The topological polar surface area (TPSA) is 29.9 Å². The molecule has 0 amide bonds. The summed E-state index contributed by atoms with van der Waals surface area (Å²) < 4.78 is 2.19. The Morgan fingerprint density at radius 3 is 2.60 bits per heavy atom. The van der Waals surface area contributed by atoms with E-state index in [1.807, 2.05) is 42.5 Å². The first kappa shape index (κ1) is 13.0. The lowest BCUT2D eigenvalue weighted by atomic mass is 10.2. The Labute approximate surface area is 123 Å². The summed E-state index contributed by atoms with van der Waals surface area (Å²) in [5.74, 6) is 0.906. The van der Waals surface area contributed by atoms with Crippen molar-refractivity contribution < 1.29 is 0 Å². The van der Waals surface area contributed by atoms with Gasteiger partial charge in [0.25, 0.3) is 0 Å². The highest BCUT2D eigenvalue weighted by atomic mass is 35.5. The fraction of sp³-hybridized carbons (Fsp3) is 0.188. The van der Waals surface area contributed by atoms with Gasteiger partial charge in [0.05, 0.1) is 11.0 Å². The normalized spacial score (nSPS) is 10.9. The molecule has 2 aromatic carbocycles. The molecule has 4 heteroatoms. The number of benzene rings is 2. The first-order chi connectivity index (χ1) is 9.78. The summed E-state index contributed by atoms with van der Waals surface area (Å²) in [6.07, 6.45) is 0. The molecule has 102 valence electrons. The second-order valence-corrected chi connectivity index (χ2v) is 5.08. The number of halogens is 1. The highest BCUT2D eigenvalue weighted by Gasteiger charge is 2.08. The van der Waals surface area contributed by atoms with E-state index in [0.29, 0.717) is 0 Å². The van der Waals surface area contributed by atoms with Crippen molar-refractivity contribution in [3.8, 4) is 0 Å². The minimum atomic E-state index is 0.737. The van der Waals surface area contributed by atoms with Gasteiger partial charge in [-0.05, 0) is 36.8 Å². The molecule has 0 fully saturated rings. The maximum absolute atomic E-state index is 5.89. The largest absolute Gasteiger partial charge is 0.352 e. The first-order valence-electron chi connectivity index (χ1n) is 6.71. The van der Waals surface area contributed by atoms with E-state index in [0.717, 1.165) is 35.1 Å². The number of hydrogen-bond donors (Lipinski definition) is 1. The van der Waals surface area contributed by atoms with E-state index in [1.54, 1.807) is 0 Å². The van der Waals surface area contributed by atoms with Gasteiger partial charge in [0.2, 0.25) is 5.95 Å². The zero-order valence-corrected chi connectivity index (χ0v) is 12.1. The van der Waals surface area contributed by atoms with E-state index >= 15 is 0 Å². The standard InChI is InChI=1S/C16H16ClN3/c1-2-20-15-6-4-3-5-14(15)19-16(20)18-11-12-7-9-13(17)10-8-12/h3-10H,2,11H2,1H3,(H,18,19). The predicted octanol–water partition coefficient (Wildman–Crippen LogP) is 4.32. The number of para-hydroxylation sites is 2. The van der Waals surface area contributed by atoms with Crippen molar-refractivity contribution in [2.45, 2.75) is 20.0 Å². The number of imidazole rings is 1. The summed E-state index contributed by atoms with van der Waals surface area (Å²) >= 11 is 5.89. The van der Waals surface area contributed by atoms with Gasteiger partial charge < -0.3 is 9.88 Å². The summed E-state index contributed by atoms with van der Waals surface area (Å²) in [4.78, 5) is 4.64. The third kappa shape index (κ3) is 2.49. The van der Waals surface area contributed by atoms with Crippen LogP contribution in [0.3, 0.4) is 0 Å². The Morgan fingerprint density at radius 2 is 1.85 bits per heavy atom. The highest BCUT2D eigenvalue weighted by molar-refractivity contribution is 6.30. The van der Waals surface area contributed by atoms with Crippen LogP contribution in [-0.4, -0.2) is 9.55 Å². The number of anilines is 1. The minimum absolute atomic E-state index is 0.737. The lowest BCUT2D eigenvalue weighted by molar-refractivity contribution is 0.787. The molecule has 3 nitrogen and oxygen atoms in total. The SMILES string of the molecule is CCn1c(NCc2ccc(Cl)cc2)nc2ccccc21. The van der Waals surface area contributed by atoms with Crippen molar-refractivity contribution in [3.05, 3.63) is 59.1 Å². The maximum atomic E-state index is 5.89. The fourth-order valence-electron chi connectivity index (χ4n) is 2.31. The van der Waals surface area contributed by atoms with Crippen LogP contribution in [-0.2, 0) is 13.1 Å². The molecule has 1 heterocycles. The minimum Gasteiger partial charge on any atom is -0.352 e. The van der Waals surface area contributed by atoms with E-state index in [2.05, 4.69) is 27.9 Å². The van der Waals surface area contributed by atoms with Crippen LogP contribution in [0, 0.1) is 0 Å². The molecule has 1 N–H and O–H groups in total. The van der Waals surface area contributed by atoms with Crippen LogP contribution in [0.4, 0.5) is 5.95 Å². The molecule has 0 aliphatic heterocycles. The van der Waals surface area contributed by atoms with Crippen molar-refractivity contribution in [3.63, 3.8) is 0 Å². The summed E-state index contributed by atoms with van der Waals surface area (Å²) in [6, 6.07) is 16.0. The molecule has 3 aromatic rings. The molecule has 0 aliphatic rings. The maximum Gasteiger partial charge on any atom is 0.204 e. The van der Waals surface area contributed by atoms with Gasteiger partial charge in [-0.3, -0.25) is 0 Å². The highest BCUT2D eigenvalue weighted by Crippen LogP contribution is 2.20. The molecule has 3 rings (SSSR count). The van der Waals surface area contributed by atoms with Crippen LogP contribution in [0.25, 0.3) is 11.0 Å². The molecule has 1 aromatic heterocycles. The predicted molar refractivity (Wildman–Crippen MR) is 84.2 cm³/mol. The zero-order valence-electron chi connectivity index (χ0n) is 11.3. The molecule has 20 heavy (non-hydrogen) atoms. The van der Waals surface area contributed by atoms with Gasteiger partial charge >= 0.3 is 0 Å². The quantitative estimate of drug-likeness (QED) is 0.773. The van der Waals surface area contributed by atoms with Gasteiger partial charge in [0.15, 0.2) is 0 Å². The van der Waals surface area contributed by atoms with Gasteiger partial charge in [-0.25, -0.2) is 4.98 Å². The summed E-state index contributed by atoms with van der Waals surface area (Å²) in [7, 11) is 0. The van der Waals surface area contributed by atoms with E-state index < -0.39 is 0 Å². The van der Waals surface area contributed by atoms with Crippen LogP contribution in [0.5, 0.6) is 0 Å². The van der Waals surface area contributed by atoms with Crippen LogP contribution < -0.4 is 5.32 Å². The number of nitrogens with one attached hydrogen (secondary N) is 1. The number of fused-ring (bicyclic) bond motifs is 1. The molecule has 0 radical (unpaired) electrons. The second kappa shape index (κ2) is 5.55. The number of aryl methyl sites for hydroxylation is 1.